The summed E-state index contributed by atoms with van der Waals surface area (Å²) in [6.45, 7) is 7.15. The predicted octanol–water partition coefficient (Wildman–Crippen LogP) is 4.46. The lowest BCUT2D eigenvalue weighted by molar-refractivity contribution is -0.119. The summed E-state index contributed by atoms with van der Waals surface area (Å²) >= 11 is 0. The number of nitrogens with zero attached hydrogens (tertiary/aromatic N) is 5. The number of imidazole rings is 1. The van der Waals surface area contributed by atoms with E-state index in [0.29, 0.717) is 61.7 Å². The fourth-order valence-corrected chi connectivity index (χ4v) is 5.19. The van der Waals surface area contributed by atoms with Crippen molar-refractivity contribution in [3.63, 3.8) is 0 Å². The highest BCUT2D eigenvalue weighted by atomic mass is 19.3. The standard InChI is InChI=1S/C29H36F2N6O5/c1-17(19-13-24(38)32-15-19)41-26-25-21(33-16-37(25)27(30)31)14-20(34-26)18-6-7-22(23(12-18)40-5)35-8-10-36(11-9-35)28(39)42-29(2,3)4/h6-7,12,14,16-17,19,27H,8-11,13,15H2,1-5H3,(H,32,38)/t17-,19-/m1/s1. The number of amides is 2. The number of rotatable bonds is 7. The average molecular weight is 587 g/mol. The van der Waals surface area contributed by atoms with Crippen LogP contribution in [-0.2, 0) is 9.53 Å². The van der Waals surface area contributed by atoms with E-state index in [1.165, 1.54) is 0 Å². The highest BCUT2D eigenvalue weighted by Crippen LogP contribution is 2.37. The van der Waals surface area contributed by atoms with Crippen LogP contribution in [0.25, 0.3) is 22.3 Å². The monoisotopic (exact) mass is 586 g/mol. The second-order valence-electron chi connectivity index (χ2n) is 11.5. The summed E-state index contributed by atoms with van der Waals surface area (Å²) < 4.78 is 45.7. The molecule has 2 fully saturated rings. The van der Waals surface area contributed by atoms with E-state index in [4.69, 9.17) is 14.2 Å². The number of hydrogen-bond donors (Lipinski definition) is 1. The van der Waals surface area contributed by atoms with Crippen molar-refractivity contribution >= 4 is 28.7 Å². The van der Waals surface area contributed by atoms with Gasteiger partial charge in [-0.1, -0.05) is 6.07 Å². The van der Waals surface area contributed by atoms with Crippen LogP contribution in [0.2, 0.25) is 0 Å². The lowest BCUT2D eigenvalue weighted by Crippen LogP contribution is -2.50. The Kier molecular flexibility index (Phi) is 8.11. The Morgan fingerprint density at radius 1 is 1.14 bits per heavy atom. The minimum atomic E-state index is -2.83. The largest absolute Gasteiger partial charge is 0.495 e. The highest BCUT2D eigenvalue weighted by Gasteiger charge is 2.30. The molecule has 42 heavy (non-hydrogen) atoms. The molecule has 2 aliphatic rings. The molecule has 0 aliphatic carbocycles. The molecule has 1 aromatic carbocycles. The number of carbonyl (C=O) groups excluding carboxylic acids is 2. The molecule has 2 aliphatic heterocycles. The summed E-state index contributed by atoms with van der Waals surface area (Å²) in [5.41, 5.74) is 1.86. The SMILES string of the molecule is COc1cc(-c2cc3ncn(C(F)F)c3c(O[C@H](C)[C@H]3CNC(=O)C3)n2)ccc1N1CCN(C(=O)OC(C)(C)C)CC1. The highest BCUT2D eigenvalue weighted by molar-refractivity contribution is 5.85. The van der Waals surface area contributed by atoms with Crippen LogP contribution in [0.15, 0.2) is 30.6 Å². The van der Waals surface area contributed by atoms with Gasteiger partial charge in [0.25, 0.3) is 0 Å². The van der Waals surface area contributed by atoms with E-state index in [1.54, 1.807) is 25.0 Å². The van der Waals surface area contributed by atoms with E-state index in [9.17, 15) is 18.4 Å². The Balaban J connectivity index is 1.41. The Morgan fingerprint density at radius 2 is 1.88 bits per heavy atom. The first-order valence-corrected chi connectivity index (χ1v) is 13.9. The van der Waals surface area contributed by atoms with Crippen molar-refractivity contribution in [2.24, 2.45) is 5.92 Å². The number of carbonyl (C=O) groups is 2. The molecule has 3 aromatic rings. The van der Waals surface area contributed by atoms with E-state index >= 15 is 0 Å². The molecule has 2 aromatic heterocycles. The van der Waals surface area contributed by atoms with E-state index < -0.39 is 18.3 Å². The number of hydrogen-bond acceptors (Lipinski definition) is 8. The average Bonchev–Trinajstić information content (AvgIpc) is 3.58. The summed E-state index contributed by atoms with van der Waals surface area (Å²) in [5.74, 6) is 0.438. The van der Waals surface area contributed by atoms with Gasteiger partial charge < -0.3 is 29.3 Å². The van der Waals surface area contributed by atoms with Crippen LogP contribution in [0.3, 0.4) is 0 Å². The molecule has 4 heterocycles. The number of fused-ring (bicyclic) bond motifs is 1. The van der Waals surface area contributed by atoms with Crippen LogP contribution in [0, 0.1) is 5.92 Å². The molecule has 13 heteroatoms. The van der Waals surface area contributed by atoms with E-state index in [1.807, 2.05) is 39.0 Å². The molecule has 0 radical (unpaired) electrons. The van der Waals surface area contributed by atoms with Crippen molar-refractivity contribution in [2.75, 3.05) is 44.7 Å². The van der Waals surface area contributed by atoms with E-state index in [0.717, 1.165) is 16.6 Å². The minimum absolute atomic E-state index is 0.0217. The number of benzene rings is 1. The Morgan fingerprint density at radius 3 is 2.50 bits per heavy atom. The molecule has 1 N–H and O–H groups in total. The van der Waals surface area contributed by atoms with Gasteiger partial charge in [0.15, 0.2) is 0 Å². The number of aromatic nitrogens is 3. The van der Waals surface area contributed by atoms with Crippen LogP contribution in [-0.4, -0.2) is 83.0 Å². The molecule has 0 bridgehead atoms. The maximum absolute atomic E-state index is 13.8. The third-order valence-electron chi connectivity index (χ3n) is 7.45. The molecular weight excluding hydrogens is 550 g/mol. The van der Waals surface area contributed by atoms with Gasteiger partial charge >= 0.3 is 12.6 Å². The molecule has 0 saturated carbocycles. The van der Waals surface area contributed by atoms with Gasteiger partial charge in [0, 0.05) is 50.6 Å². The quantitative estimate of drug-likeness (QED) is 0.432. The number of anilines is 1. The second-order valence-corrected chi connectivity index (χ2v) is 11.5. The lowest BCUT2D eigenvalue weighted by Gasteiger charge is -2.37. The molecule has 226 valence electrons. The van der Waals surface area contributed by atoms with Gasteiger partial charge in [-0.25, -0.2) is 14.8 Å². The van der Waals surface area contributed by atoms with Gasteiger partial charge in [0.2, 0.25) is 11.8 Å². The van der Waals surface area contributed by atoms with Crippen molar-refractivity contribution in [3.8, 4) is 22.9 Å². The lowest BCUT2D eigenvalue weighted by atomic mass is 10.0. The predicted molar refractivity (Wildman–Crippen MR) is 152 cm³/mol. The molecule has 2 atom stereocenters. The van der Waals surface area contributed by atoms with Crippen LogP contribution in [0.5, 0.6) is 11.6 Å². The fraction of sp³-hybridized carbons (Fsp3) is 0.517. The third-order valence-corrected chi connectivity index (χ3v) is 7.45. The number of halogens is 2. The number of nitrogens with one attached hydrogen (secondary N) is 1. The van der Waals surface area contributed by atoms with Crippen LogP contribution >= 0.6 is 0 Å². The summed E-state index contributed by atoms with van der Waals surface area (Å²) in [5, 5.41) is 2.78. The normalized spacial score (nSPS) is 18.4. The summed E-state index contributed by atoms with van der Waals surface area (Å²) in [4.78, 5) is 36.9. The van der Waals surface area contributed by atoms with Crippen molar-refractivity contribution in [2.45, 2.75) is 52.4 Å². The smallest absolute Gasteiger partial charge is 0.410 e. The van der Waals surface area contributed by atoms with Gasteiger partial charge in [0.05, 0.1) is 24.0 Å². The Labute approximate surface area is 242 Å². The van der Waals surface area contributed by atoms with E-state index in [-0.39, 0.29) is 29.3 Å². The van der Waals surface area contributed by atoms with Crippen LogP contribution in [0.1, 0.15) is 40.7 Å². The van der Waals surface area contributed by atoms with Crippen molar-refractivity contribution in [1.29, 1.82) is 0 Å². The van der Waals surface area contributed by atoms with E-state index in [2.05, 4.69) is 20.2 Å². The molecule has 2 saturated heterocycles. The molecule has 11 nitrogen and oxygen atoms in total. The maximum atomic E-state index is 13.8. The zero-order valence-electron chi connectivity index (χ0n) is 24.4. The fourth-order valence-electron chi connectivity index (χ4n) is 5.19. The number of pyridine rings is 1. The van der Waals surface area contributed by atoms with Gasteiger partial charge in [-0.3, -0.25) is 9.36 Å². The van der Waals surface area contributed by atoms with Crippen molar-refractivity contribution in [3.05, 3.63) is 30.6 Å². The third kappa shape index (κ3) is 6.19. The summed E-state index contributed by atoms with van der Waals surface area (Å²) in [7, 11) is 1.58. The van der Waals surface area contributed by atoms with Gasteiger partial charge in [-0.05, 0) is 45.9 Å². The van der Waals surface area contributed by atoms with Gasteiger partial charge in [-0.2, -0.15) is 8.78 Å². The molecule has 0 unspecified atom stereocenters. The number of ether oxygens (including phenoxy) is 3. The summed E-state index contributed by atoms with van der Waals surface area (Å²) in [6.07, 6.45) is 0.582. The number of methoxy groups -OCH3 is 1. The van der Waals surface area contributed by atoms with Gasteiger partial charge in [0.1, 0.15) is 29.3 Å². The van der Waals surface area contributed by atoms with Crippen molar-refractivity contribution in [1.82, 2.24) is 24.8 Å². The maximum Gasteiger partial charge on any atom is 0.410 e. The van der Waals surface area contributed by atoms with Gasteiger partial charge in [-0.15, -0.1) is 0 Å². The first-order valence-electron chi connectivity index (χ1n) is 13.9. The molecule has 2 amide bonds. The molecule has 5 rings (SSSR count). The number of alkyl halides is 2. The second kappa shape index (κ2) is 11.6. The Bertz CT molecular complexity index is 1460. The summed E-state index contributed by atoms with van der Waals surface area (Å²) in [6, 6.07) is 7.27. The Hall–Kier alpha value is -4.16. The van der Waals surface area contributed by atoms with Crippen molar-refractivity contribution < 1.29 is 32.6 Å². The molecular formula is C29H36F2N6O5. The molecule has 0 spiro atoms. The van der Waals surface area contributed by atoms with Crippen LogP contribution < -0.4 is 19.7 Å². The zero-order chi connectivity index (χ0) is 30.2. The van der Waals surface area contributed by atoms with Crippen LogP contribution in [0.4, 0.5) is 19.3 Å². The number of piperazine rings is 1. The minimum Gasteiger partial charge on any atom is -0.495 e. The zero-order valence-corrected chi connectivity index (χ0v) is 24.4. The topological polar surface area (TPSA) is 111 Å². The first kappa shape index (κ1) is 29.3. The first-order chi connectivity index (χ1) is 19.9.